The molecule has 0 amide bonds. The van der Waals surface area contributed by atoms with Gasteiger partial charge in [-0.3, -0.25) is 14.4 Å². The van der Waals surface area contributed by atoms with Crippen molar-refractivity contribution >= 4 is 17.9 Å². The number of esters is 3. The van der Waals surface area contributed by atoms with Gasteiger partial charge < -0.3 is 14.2 Å². The monoisotopic (exact) mass is 1150 g/mol. The molecule has 1 unspecified atom stereocenters. The first-order valence-electron chi connectivity index (χ1n) is 35.0. The van der Waals surface area contributed by atoms with E-state index in [1.165, 1.54) is 167 Å². The third-order valence-electron chi connectivity index (χ3n) is 15.0. The van der Waals surface area contributed by atoms with Crippen molar-refractivity contribution in [2.24, 2.45) is 0 Å². The van der Waals surface area contributed by atoms with Gasteiger partial charge in [0.05, 0.1) is 0 Å². The molecule has 0 saturated heterocycles. The number of ether oxygens (including phenoxy) is 3. The second-order valence-electron chi connectivity index (χ2n) is 23.1. The number of hydrogen-bond donors (Lipinski definition) is 0. The number of carbonyl (C=O) groups is 3. The number of allylic oxidation sites excluding steroid dienone is 20. The van der Waals surface area contributed by atoms with Gasteiger partial charge in [-0.05, 0) is 103 Å². The molecule has 0 N–H and O–H groups in total. The second kappa shape index (κ2) is 70.3. The number of hydrogen-bond acceptors (Lipinski definition) is 6. The summed E-state index contributed by atoms with van der Waals surface area (Å²) in [5.74, 6) is -0.961. The SMILES string of the molecule is CC/C=C\C/C=C\C/C=C\C/C=C\C/C=C\C/C=C\C/C=C\C/C=C\C/C=C\CCCC(=O)OCC(COC(=O)CCCCCCC/C=C\CCCC)OC(=O)CCCCCCCCCCCCCCCCCCCCCCCCCCC. The van der Waals surface area contributed by atoms with Crippen LogP contribution in [0, 0.1) is 0 Å². The van der Waals surface area contributed by atoms with Crippen molar-refractivity contribution in [1.29, 1.82) is 0 Å². The van der Waals surface area contributed by atoms with Gasteiger partial charge in [-0.15, -0.1) is 0 Å². The standard InChI is InChI=1S/C77H130O6/c1-4-7-10-13-16-19-22-24-26-28-30-32-34-36-37-38-39-41-42-44-46-48-50-52-55-58-61-64-67-70-76(79)82-73-74(72-81-75(78)69-66-63-60-57-54-21-18-15-12-9-6-3)83-77(80)71-68-65-62-59-56-53-51-49-47-45-43-40-35-33-31-29-27-25-23-20-17-14-11-8-5-2/h7,10,15-16,18-19,24,26,30,32,36-37,39,41,44,46,50,52,58,61,74H,4-6,8-9,11-14,17,20-23,25,27-29,31,33-35,38,40,42-43,45,47-49,51,53-57,59-60,62-73H2,1-3H3/b10-7-,18-15-,19-16-,26-24-,32-30-,37-36-,41-39-,46-44-,52-50-,61-58-. The molecule has 474 valence electrons. The molecular formula is C77H130O6. The van der Waals surface area contributed by atoms with Crippen LogP contribution in [0.1, 0.15) is 329 Å². The molecule has 0 rings (SSSR count). The summed E-state index contributed by atoms with van der Waals surface area (Å²) in [7, 11) is 0. The Labute approximate surface area is 513 Å². The second-order valence-corrected chi connectivity index (χ2v) is 23.1. The molecule has 0 aromatic heterocycles. The van der Waals surface area contributed by atoms with Crippen molar-refractivity contribution < 1.29 is 28.6 Å². The summed E-state index contributed by atoms with van der Waals surface area (Å²) in [5.41, 5.74) is 0. The van der Waals surface area contributed by atoms with E-state index in [4.69, 9.17) is 14.2 Å². The molecule has 1 atom stereocenters. The minimum Gasteiger partial charge on any atom is -0.462 e. The first kappa shape index (κ1) is 78.8. The number of carbonyl (C=O) groups excluding carboxylic acids is 3. The van der Waals surface area contributed by atoms with E-state index in [1.54, 1.807) is 0 Å². The Kier molecular flexibility index (Phi) is 66.7. The summed E-state index contributed by atoms with van der Waals surface area (Å²) >= 11 is 0. The van der Waals surface area contributed by atoms with Gasteiger partial charge in [-0.2, -0.15) is 0 Å². The molecule has 0 aromatic rings. The van der Waals surface area contributed by atoms with E-state index >= 15 is 0 Å². The fourth-order valence-corrected chi connectivity index (χ4v) is 9.72. The highest BCUT2D eigenvalue weighted by atomic mass is 16.6. The maximum Gasteiger partial charge on any atom is 0.306 e. The molecule has 0 bridgehead atoms. The van der Waals surface area contributed by atoms with Crippen LogP contribution in [-0.2, 0) is 28.6 Å². The van der Waals surface area contributed by atoms with E-state index in [-0.39, 0.29) is 37.5 Å². The molecular weight excluding hydrogens is 1020 g/mol. The van der Waals surface area contributed by atoms with Gasteiger partial charge >= 0.3 is 17.9 Å². The Balaban J connectivity index is 4.34. The molecule has 0 aromatic carbocycles. The molecule has 6 nitrogen and oxygen atoms in total. The Morgan fingerprint density at radius 1 is 0.253 bits per heavy atom. The van der Waals surface area contributed by atoms with Crippen LogP contribution in [0.25, 0.3) is 0 Å². The van der Waals surface area contributed by atoms with Crippen LogP contribution >= 0.6 is 0 Å². The topological polar surface area (TPSA) is 78.9 Å². The fourth-order valence-electron chi connectivity index (χ4n) is 9.72. The Bertz CT molecular complexity index is 1700. The average molecular weight is 1150 g/mol. The van der Waals surface area contributed by atoms with Crippen molar-refractivity contribution in [2.75, 3.05) is 13.2 Å². The third-order valence-corrected chi connectivity index (χ3v) is 15.0. The normalized spacial score (nSPS) is 12.9. The highest BCUT2D eigenvalue weighted by Crippen LogP contribution is 2.17. The Morgan fingerprint density at radius 3 is 0.831 bits per heavy atom. The van der Waals surface area contributed by atoms with E-state index in [0.29, 0.717) is 19.3 Å². The van der Waals surface area contributed by atoms with Gasteiger partial charge in [0.25, 0.3) is 0 Å². The largest absolute Gasteiger partial charge is 0.462 e. The maximum atomic E-state index is 12.9. The van der Waals surface area contributed by atoms with Crippen LogP contribution in [0.3, 0.4) is 0 Å². The number of rotatable bonds is 63. The van der Waals surface area contributed by atoms with Crippen LogP contribution < -0.4 is 0 Å². The Morgan fingerprint density at radius 2 is 0.494 bits per heavy atom. The summed E-state index contributed by atoms with van der Waals surface area (Å²) in [4.78, 5) is 38.3. The van der Waals surface area contributed by atoms with Gasteiger partial charge in [0.2, 0.25) is 0 Å². The van der Waals surface area contributed by atoms with E-state index < -0.39 is 6.10 Å². The molecule has 0 heterocycles. The van der Waals surface area contributed by atoms with Crippen LogP contribution in [-0.4, -0.2) is 37.2 Å². The number of unbranched alkanes of at least 4 members (excludes halogenated alkanes) is 32. The lowest BCUT2D eigenvalue weighted by molar-refractivity contribution is -0.167. The highest BCUT2D eigenvalue weighted by Gasteiger charge is 2.19. The van der Waals surface area contributed by atoms with Crippen molar-refractivity contribution in [3.8, 4) is 0 Å². The van der Waals surface area contributed by atoms with Crippen molar-refractivity contribution in [3.05, 3.63) is 122 Å². The highest BCUT2D eigenvalue weighted by molar-refractivity contribution is 5.71. The summed E-state index contributed by atoms with van der Waals surface area (Å²) in [6.45, 7) is 6.47. The lowest BCUT2D eigenvalue weighted by atomic mass is 10.0. The summed E-state index contributed by atoms with van der Waals surface area (Å²) in [6.07, 6.45) is 98.1. The lowest BCUT2D eigenvalue weighted by Crippen LogP contribution is -2.30. The molecule has 0 aliphatic rings. The third kappa shape index (κ3) is 68.5. The zero-order valence-corrected chi connectivity index (χ0v) is 54.4. The van der Waals surface area contributed by atoms with E-state index in [0.717, 1.165) is 116 Å². The fraction of sp³-hybridized carbons (Fsp3) is 0.701. The summed E-state index contributed by atoms with van der Waals surface area (Å²) in [6, 6.07) is 0. The molecule has 0 saturated carbocycles. The maximum absolute atomic E-state index is 12.9. The summed E-state index contributed by atoms with van der Waals surface area (Å²) in [5, 5.41) is 0. The lowest BCUT2D eigenvalue weighted by Gasteiger charge is -2.18. The zero-order valence-electron chi connectivity index (χ0n) is 54.4. The molecule has 0 fully saturated rings. The molecule has 0 aliphatic carbocycles. The van der Waals surface area contributed by atoms with Crippen LogP contribution in [0.2, 0.25) is 0 Å². The average Bonchev–Trinajstić information content (AvgIpc) is 3.48. The van der Waals surface area contributed by atoms with Crippen molar-refractivity contribution in [1.82, 2.24) is 0 Å². The van der Waals surface area contributed by atoms with Gasteiger partial charge in [0.15, 0.2) is 6.10 Å². The van der Waals surface area contributed by atoms with E-state index in [2.05, 4.69) is 142 Å². The molecule has 0 radical (unpaired) electrons. The minimum absolute atomic E-state index is 0.1000. The predicted octanol–water partition coefficient (Wildman–Crippen LogP) is 24.3. The minimum atomic E-state index is -0.807. The predicted molar refractivity (Wildman–Crippen MR) is 362 cm³/mol. The molecule has 83 heavy (non-hydrogen) atoms. The van der Waals surface area contributed by atoms with E-state index in [1.807, 2.05) is 0 Å². The first-order chi connectivity index (χ1) is 41.0. The van der Waals surface area contributed by atoms with Crippen LogP contribution in [0.5, 0.6) is 0 Å². The quantitative estimate of drug-likeness (QED) is 0.0261. The van der Waals surface area contributed by atoms with Gasteiger partial charge in [0, 0.05) is 19.3 Å². The van der Waals surface area contributed by atoms with Crippen LogP contribution in [0.15, 0.2) is 122 Å². The van der Waals surface area contributed by atoms with Crippen molar-refractivity contribution in [2.45, 2.75) is 335 Å². The van der Waals surface area contributed by atoms with Crippen molar-refractivity contribution in [3.63, 3.8) is 0 Å². The molecule has 0 spiro atoms. The smallest absolute Gasteiger partial charge is 0.306 e. The van der Waals surface area contributed by atoms with Gasteiger partial charge in [-0.25, -0.2) is 0 Å². The summed E-state index contributed by atoms with van der Waals surface area (Å²) < 4.78 is 16.9. The van der Waals surface area contributed by atoms with Gasteiger partial charge in [-0.1, -0.05) is 328 Å². The van der Waals surface area contributed by atoms with E-state index in [9.17, 15) is 14.4 Å². The van der Waals surface area contributed by atoms with Crippen LogP contribution in [0.4, 0.5) is 0 Å². The molecule has 6 heteroatoms. The molecule has 0 aliphatic heterocycles. The first-order valence-corrected chi connectivity index (χ1v) is 35.0. The zero-order chi connectivity index (χ0) is 59.9. The van der Waals surface area contributed by atoms with Gasteiger partial charge in [0.1, 0.15) is 13.2 Å². The Hall–Kier alpha value is -4.19.